The van der Waals surface area contributed by atoms with Crippen LogP contribution in [0.3, 0.4) is 0 Å². The van der Waals surface area contributed by atoms with Crippen molar-refractivity contribution >= 4 is 34.8 Å². The van der Waals surface area contributed by atoms with Gasteiger partial charge in [0.15, 0.2) is 0 Å². The Labute approximate surface area is 116 Å². The summed E-state index contributed by atoms with van der Waals surface area (Å²) in [5.74, 6) is -0.261. The van der Waals surface area contributed by atoms with E-state index in [4.69, 9.17) is 11.6 Å². The molecule has 0 atom stereocenters. The molecule has 0 radical (unpaired) electrons. The molecule has 0 aliphatic carbocycles. The molecule has 1 aliphatic heterocycles. The topological polar surface area (TPSA) is 70.2 Å². The van der Waals surface area contributed by atoms with Gasteiger partial charge in [0, 0.05) is 12.2 Å². The zero-order valence-electron chi connectivity index (χ0n) is 10.3. The van der Waals surface area contributed by atoms with Crippen LogP contribution >= 0.6 is 11.6 Å². The molecule has 1 aliphatic rings. The Morgan fingerprint density at radius 2 is 2.32 bits per heavy atom. The summed E-state index contributed by atoms with van der Waals surface area (Å²) in [6.07, 6.45) is 1.98. The van der Waals surface area contributed by atoms with Gasteiger partial charge in [-0.2, -0.15) is 0 Å². The van der Waals surface area contributed by atoms with Crippen molar-refractivity contribution in [3.8, 4) is 0 Å². The van der Waals surface area contributed by atoms with Crippen LogP contribution in [0.1, 0.15) is 5.56 Å². The maximum absolute atomic E-state index is 11.7. The lowest BCUT2D eigenvalue weighted by Gasteiger charge is -2.09. The maximum Gasteiger partial charge on any atom is 0.238 e. The largest absolute Gasteiger partial charge is 0.325 e. The first kappa shape index (κ1) is 13.6. The number of fused-ring (bicyclic) bond motifs is 1. The van der Waals surface area contributed by atoms with Crippen molar-refractivity contribution in [1.29, 1.82) is 0 Å². The minimum Gasteiger partial charge on any atom is -0.325 e. The second kappa shape index (κ2) is 5.86. The predicted octanol–water partition coefficient (Wildman–Crippen LogP) is 1.55. The first-order chi connectivity index (χ1) is 9.10. The lowest BCUT2D eigenvalue weighted by atomic mass is 10.1. The third-order valence-electron chi connectivity index (χ3n) is 2.67. The highest BCUT2D eigenvalue weighted by molar-refractivity contribution is 6.34. The van der Waals surface area contributed by atoms with Gasteiger partial charge in [-0.15, -0.1) is 6.58 Å². The molecule has 0 unspecified atom stereocenters. The Morgan fingerprint density at radius 1 is 1.53 bits per heavy atom. The number of rotatable bonds is 5. The Morgan fingerprint density at radius 3 is 3.05 bits per heavy atom. The number of benzene rings is 1. The van der Waals surface area contributed by atoms with E-state index in [-0.39, 0.29) is 18.4 Å². The van der Waals surface area contributed by atoms with Crippen molar-refractivity contribution < 1.29 is 9.59 Å². The van der Waals surface area contributed by atoms with Crippen LogP contribution < -0.4 is 16.0 Å². The van der Waals surface area contributed by atoms with E-state index in [0.29, 0.717) is 29.4 Å². The van der Waals surface area contributed by atoms with E-state index in [0.717, 1.165) is 5.56 Å². The average molecular weight is 280 g/mol. The molecule has 6 heteroatoms. The third kappa shape index (κ3) is 3.33. The summed E-state index contributed by atoms with van der Waals surface area (Å²) in [6, 6.07) is 3.37. The van der Waals surface area contributed by atoms with Gasteiger partial charge >= 0.3 is 0 Å². The molecule has 0 saturated heterocycles. The second-order valence-corrected chi connectivity index (χ2v) is 4.59. The van der Waals surface area contributed by atoms with E-state index >= 15 is 0 Å². The van der Waals surface area contributed by atoms with Gasteiger partial charge in [0.1, 0.15) is 0 Å². The second-order valence-electron chi connectivity index (χ2n) is 4.18. The molecule has 0 fully saturated rings. The van der Waals surface area contributed by atoms with Crippen LogP contribution in [0.25, 0.3) is 0 Å². The van der Waals surface area contributed by atoms with Crippen molar-refractivity contribution in [2.24, 2.45) is 0 Å². The quantitative estimate of drug-likeness (QED) is 0.566. The van der Waals surface area contributed by atoms with Gasteiger partial charge in [0.25, 0.3) is 0 Å². The molecule has 0 saturated carbocycles. The smallest absolute Gasteiger partial charge is 0.238 e. The van der Waals surface area contributed by atoms with E-state index in [1.165, 1.54) is 0 Å². The van der Waals surface area contributed by atoms with E-state index in [2.05, 4.69) is 22.5 Å². The van der Waals surface area contributed by atoms with Crippen molar-refractivity contribution in [2.75, 3.05) is 23.7 Å². The van der Waals surface area contributed by atoms with Crippen LogP contribution in [-0.2, 0) is 16.0 Å². The summed E-state index contributed by atoms with van der Waals surface area (Å²) in [7, 11) is 0. The number of carbonyl (C=O) groups excluding carboxylic acids is 2. The van der Waals surface area contributed by atoms with Gasteiger partial charge in [0.2, 0.25) is 11.8 Å². The number of amides is 2. The first-order valence-electron chi connectivity index (χ1n) is 5.84. The molecular formula is C13H14ClN3O2. The fraction of sp³-hybridized carbons (Fsp3) is 0.231. The van der Waals surface area contributed by atoms with Gasteiger partial charge in [-0.05, 0) is 17.7 Å². The SMILES string of the molecule is C=CCNCC(=O)Nc1cc2c(cc1Cl)NC(=O)C2. The highest BCUT2D eigenvalue weighted by atomic mass is 35.5. The molecule has 5 nitrogen and oxygen atoms in total. The number of carbonyl (C=O) groups is 2. The van der Waals surface area contributed by atoms with E-state index < -0.39 is 0 Å². The van der Waals surface area contributed by atoms with Gasteiger partial charge in [-0.25, -0.2) is 0 Å². The molecule has 1 heterocycles. The van der Waals surface area contributed by atoms with Gasteiger partial charge in [-0.1, -0.05) is 17.7 Å². The summed E-state index contributed by atoms with van der Waals surface area (Å²) in [4.78, 5) is 22.9. The van der Waals surface area contributed by atoms with Crippen LogP contribution in [-0.4, -0.2) is 24.9 Å². The molecule has 0 spiro atoms. The van der Waals surface area contributed by atoms with E-state index in [9.17, 15) is 9.59 Å². The number of hydrogen-bond acceptors (Lipinski definition) is 3. The highest BCUT2D eigenvalue weighted by Gasteiger charge is 2.20. The highest BCUT2D eigenvalue weighted by Crippen LogP contribution is 2.32. The van der Waals surface area contributed by atoms with E-state index in [1.54, 1.807) is 18.2 Å². The molecule has 1 aromatic carbocycles. The zero-order chi connectivity index (χ0) is 13.8. The van der Waals surface area contributed by atoms with Crippen LogP contribution in [0.2, 0.25) is 5.02 Å². The molecule has 1 aromatic rings. The van der Waals surface area contributed by atoms with Crippen molar-refractivity contribution in [1.82, 2.24) is 5.32 Å². The van der Waals surface area contributed by atoms with Gasteiger partial charge in [0.05, 0.1) is 23.7 Å². The molecule has 19 heavy (non-hydrogen) atoms. The summed E-state index contributed by atoms with van der Waals surface area (Å²) in [6.45, 7) is 4.28. The van der Waals surface area contributed by atoms with Gasteiger partial charge in [-0.3, -0.25) is 9.59 Å². The molecule has 100 valence electrons. The van der Waals surface area contributed by atoms with Crippen LogP contribution in [0.5, 0.6) is 0 Å². The first-order valence-corrected chi connectivity index (χ1v) is 6.21. The molecule has 0 bridgehead atoms. The normalized spacial score (nSPS) is 12.8. The monoisotopic (exact) mass is 279 g/mol. The number of halogens is 1. The summed E-state index contributed by atoms with van der Waals surface area (Å²) in [5.41, 5.74) is 2.06. The van der Waals surface area contributed by atoms with Gasteiger partial charge < -0.3 is 16.0 Å². The van der Waals surface area contributed by atoms with Crippen LogP contribution in [0.15, 0.2) is 24.8 Å². The predicted molar refractivity (Wildman–Crippen MR) is 75.5 cm³/mol. The Bertz CT molecular complexity index is 543. The van der Waals surface area contributed by atoms with E-state index in [1.807, 2.05) is 0 Å². The summed E-state index contributed by atoms with van der Waals surface area (Å²) >= 11 is 6.06. The zero-order valence-corrected chi connectivity index (χ0v) is 11.0. The Hall–Kier alpha value is -1.85. The number of nitrogens with one attached hydrogen (secondary N) is 3. The van der Waals surface area contributed by atoms with Crippen LogP contribution in [0, 0.1) is 0 Å². The molecular weight excluding hydrogens is 266 g/mol. The summed E-state index contributed by atoms with van der Waals surface area (Å²) < 4.78 is 0. The lowest BCUT2D eigenvalue weighted by molar-refractivity contribution is -0.116. The fourth-order valence-electron chi connectivity index (χ4n) is 1.83. The lowest BCUT2D eigenvalue weighted by Crippen LogP contribution is -2.28. The molecule has 3 N–H and O–H groups in total. The van der Waals surface area contributed by atoms with Crippen molar-refractivity contribution in [3.05, 3.63) is 35.4 Å². The third-order valence-corrected chi connectivity index (χ3v) is 2.98. The Kier molecular flexibility index (Phi) is 4.19. The molecule has 0 aromatic heterocycles. The molecule has 2 amide bonds. The Balaban J connectivity index is 2.05. The van der Waals surface area contributed by atoms with Crippen molar-refractivity contribution in [2.45, 2.75) is 6.42 Å². The maximum atomic E-state index is 11.7. The number of hydrogen-bond donors (Lipinski definition) is 3. The molecule has 2 rings (SSSR count). The summed E-state index contributed by atoms with van der Waals surface area (Å²) in [5, 5.41) is 8.70. The minimum atomic E-state index is -0.194. The number of anilines is 2. The average Bonchev–Trinajstić information content (AvgIpc) is 2.69. The standard InChI is InChI=1S/C13H14ClN3O2/c1-2-3-15-7-13(19)17-11-4-8-5-12(18)16-10(8)6-9(11)14/h2,4,6,15H,1,3,5,7H2,(H,16,18)(H,17,19). The minimum absolute atomic E-state index is 0.0674. The van der Waals surface area contributed by atoms with Crippen LogP contribution in [0.4, 0.5) is 11.4 Å². The van der Waals surface area contributed by atoms with Crippen molar-refractivity contribution in [3.63, 3.8) is 0 Å². The fourth-order valence-corrected chi connectivity index (χ4v) is 2.04.